The molecule has 0 aliphatic carbocycles. The number of hydrogen-bond acceptors (Lipinski definition) is 4. The van der Waals surface area contributed by atoms with Crippen molar-refractivity contribution in [2.45, 2.75) is 26.0 Å². The van der Waals surface area contributed by atoms with E-state index in [1.165, 1.54) is 5.56 Å². The lowest BCUT2D eigenvalue weighted by Crippen LogP contribution is -2.35. The van der Waals surface area contributed by atoms with Crippen LogP contribution in [0.25, 0.3) is 0 Å². The predicted molar refractivity (Wildman–Crippen MR) is 69.9 cm³/mol. The van der Waals surface area contributed by atoms with Crippen LogP contribution in [0, 0.1) is 0 Å². The standard InChI is InChI=1S/C13H23N3O/c1-4-11-6-5-7-15-13(11)9-14-8-12(17)10-16(2)3/h5-7,12,14,17H,4,8-10H2,1-3H3. The smallest absolute Gasteiger partial charge is 0.0791 e. The van der Waals surface area contributed by atoms with Crippen molar-refractivity contribution in [2.75, 3.05) is 27.2 Å². The highest BCUT2D eigenvalue weighted by Crippen LogP contribution is 2.05. The van der Waals surface area contributed by atoms with E-state index in [2.05, 4.69) is 23.3 Å². The summed E-state index contributed by atoms with van der Waals surface area (Å²) in [5.74, 6) is 0. The van der Waals surface area contributed by atoms with Gasteiger partial charge in [0.15, 0.2) is 0 Å². The first-order chi connectivity index (χ1) is 8.13. The molecular formula is C13H23N3O. The number of aromatic nitrogens is 1. The summed E-state index contributed by atoms with van der Waals surface area (Å²) in [5, 5.41) is 12.9. The Labute approximate surface area is 104 Å². The maximum atomic E-state index is 9.70. The number of rotatable bonds is 7. The average Bonchev–Trinajstić information content (AvgIpc) is 2.28. The molecule has 1 aromatic heterocycles. The van der Waals surface area contributed by atoms with Crippen LogP contribution in [-0.2, 0) is 13.0 Å². The average molecular weight is 237 g/mol. The second kappa shape index (κ2) is 7.37. The Bertz CT molecular complexity index is 328. The van der Waals surface area contributed by atoms with E-state index >= 15 is 0 Å². The molecule has 0 saturated heterocycles. The molecule has 0 radical (unpaired) electrons. The van der Waals surface area contributed by atoms with Crippen LogP contribution in [-0.4, -0.2) is 48.3 Å². The van der Waals surface area contributed by atoms with Gasteiger partial charge in [0.2, 0.25) is 0 Å². The van der Waals surface area contributed by atoms with Crippen molar-refractivity contribution in [1.82, 2.24) is 15.2 Å². The van der Waals surface area contributed by atoms with Gasteiger partial charge in [0, 0.05) is 25.8 Å². The third-order valence-corrected chi connectivity index (χ3v) is 2.61. The molecule has 4 nitrogen and oxygen atoms in total. The summed E-state index contributed by atoms with van der Waals surface area (Å²) >= 11 is 0. The van der Waals surface area contributed by atoms with E-state index in [1.54, 1.807) is 0 Å². The Morgan fingerprint density at radius 1 is 1.47 bits per heavy atom. The van der Waals surface area contributed by atoms with Crippen LogP contribution in [0.4, 0.5) is 0 Å². The third-order valence-electron chi connectivity index (χ3n) is 2.61. The minimum absolute atomic E-state index is 0.334. The minimum atomic E-state index is -0.334. The lowest BCUT2D eigenvalue weighted by atomic mass is 10.1. The fraction of sp³-hybridized carbons (Fsp3) is 0.615. The zero-order valence-corrected chi connectivity index (χ0v) is 11.0. The molecular weight excluding hydrogens is 214 g/mol. The first-order valence-corrected chi connectivity index (χ1v) is 6.09. The maximum Gasteiger partial charge on any atom is 0.0791 e. The Balaban J connectivity index is 2.35. The zero-order chi connectivity index (χ0) is 12.7. The highest BCUT2D eigenvalue weighted by Gasteiger charge is 2.06. The summed E-state index contributed by atoms with van der Waals surface area (Å²) in [5.41, 5.74) is 2.34. The molecule has 1 heterocycles. The van der Waals surface area contributed by atoms with E-state index in [1.807, 2.05) is 31.3 Å². The van der Waals surface area contributed by atoms with Gasteiger partial charge in [-0.1, -0.05) is 13.0 Å². The van der Waals surface area contributed by atoms with Gasteiger partial charge in [-0.2, -0.15) is 0 Å². The van der Waals surface area contributed by atoms with Crippen molar-refractivity contribution in [3.05, 3.63) is 29.6 Å². The Kier molecular flexibility index (Phi) is 6.11. The van der Waals surface area contributed by atoms with Gasteiger partial charge in [-0.3, -0.25) is 4.98 Å². The van der Waals surface area contributed by atoms with Crippen LogP contribution in [0.2, 0.25) is 0 Å². The minimum Gasteiger partial charge on any atom is -0.390 e. The molecule has 0 amide bonds. The SMILES string of the molecule is CCc1cccnc1CNCC(O)CN(C)C. The summed E-state index contributed by atoms with van der Waals surface area (Å²) in [6, 6.07) is 4.06. The van der Waals surface area contributed by atoms with Gasteiger partial charge in [0.05, 0.1) is 11.8 Å². The normalized spacial score (nSPS) is 13.0. The maximum absolute atomic E-state index is 9.70. The van der Waals surface area contributed by atoms with E-state index in [0.717, 1.165) is 12.1 Å². The Morgan fingerprint density at radius 2 is 2.24 bits per heavy atom. The van der Waals surface area contributed by atoms with Crippen molar-refractivity contribution >= 4 is 0 Å². The van der Waals surface area contributed by atoms with Gasteiger partial charge in [-0.15, -0.1) is 0 Å². The summed E-state index contributed by atoms with van der Waals surface area (Å²) in [6.07, 6.45) is 2.47. The van der Waals surface area contributed by atoms with Gasteiger partial charge in [0.1, 0.15) is 0 Å². The molecule has 0 aliphatic rings. The van der Waals surface area contributed by atoms with Crippen molar-refractivity contribution in [3.8, 4) is 0 Å². The van der Waals surface area contributed by atoms with E-state index in [0.29, 0.717) is 19.6 Å². The van der Waals surface area contributed by atoms with Crippen molar-refractivity contribution < 1.29 is 5.11 Å². The molecule has 0 saturated carbocycles. The van der Waals surface area contributed by atoms with Gasteiger partial charge >= 0.3 is 0 Å². The lowest BCUT2D eigenvalue weighted by molar-refractivity contribution is 0.134. The molecule has 0 bridgehead atoms. The highest BCUT2D eigenvalue weighted by atomic mass is 16.3. The van der Waals surface area contributed by atoms with Crippen LogP contribution in [0.15, 0.2) is 18.3 Å². The molecule has 4 heteroatoms. The van der Waals surface area contributed by atoms with E-state index in [9.17, 15) is 5.11 Å². The molecule has 1 atom stereocenters. The number of hydrogen-bond donors (Lipinski definition) is 2. The summed E-state index contributed by atoms with van der Waals surface area (Å²) in [4.78, 5) is 6.33. The van der Waals surface area contributed by atoms with Gasteiger partial charge in [-0.25, -0.2) is 0 Å². The van der Waals surface area contributed by atoms with E-state index in [-0.39, 0.29) is 6.10 Å². The third kappa shape index (κ3) is 5.26. The van der Waals surface area contributed by atoms with Crippen LogP contribution < -0.4 is 5.32 Å². The summed E-state index contributed by atoms with van der Waals surface area (Å²) in [7, 11) is 3.91. The fourth-order valence-electron chi connectivity index (χ4n) is 1.80. The van der Waals surface area contributed by atoms with Crippen molar-refractivity contribution in [2.24, 2.45) is 0 Å². The second-order valence-corrected chi connectivity index (χ2v) is 4.51. The van der Waals surface area contributed by atoms with Gasteiger partial charge in [0.25, 0.3) is 0 Å². The molecule has 0 fully saturated rings. The number of likely N-dealkylation sites (N-methyl/N-ethyl adjacent to an activating group) is 1. The summed E-state index contributed by atoms with van der Waals surface area (Å²) in [6.45, 7) is 4.11. The molecule has 1 aromatic rings. The van der Waals surface area contributed by atoms with Crippen LogP contribution in [0.1, 0.15) is 18.2 Å². The topological polar surface area (TPSA) is 48.4 Å². The molecule has 0 aliphatic heterocycles. The van der Waals surface area contributed by atoms with Crippen molar-refractivity contribution in [1.29, 1.82) is 0 Å². The number of aliphatic hydroxyl groups is 1. The lowest BCUT2D eigenvalue weighted by Gasteiger charge is -2.16. The molecule has 0 spiro atoms. The Hall–Kier alpha value is -0.970. The van der Waals surface area contributed by atoms with E-state index in [4.69, 9.17) is 0 Å². The number of nitrogens with one attached hydrogen (secondary N) is 1. The monoisotopic (exact) mass is 237 g/mol. The predicted octanol–water partition coefficient (Wildman–Crippen LogP) is 0.656. The number of aryl methyl sites for hydroxylation is 1. The molecule has 17 heavy (non-hydrogen) atoms. The second-order valence-electron chi connectivity index (χ2n) is 4.51. The summed E-state index contributed by atoms with van der Waals surface area (Å²) < 4.78 is 0. The zero-order valence-electron chi connectivity index (χ0n) is 11.0. The largest absolute Gasteiger partial charge is 0.390 e. The van der Waals surface area contributed by atoms with Gasteiger partial charge in [-0.05, 0) is 32.1 Å². The van der Waals surface area contributed by atoms with Crippen LogP contribution in [0.5, 0.6) is 0 Å². The van der Waals surface area contributed by atoms with Gasteiger partial charge < -0.3 is 15.3 Å². The molecule has 1 unspecified atom stereocenters. The Morgan fingerprint density at radius 3 is 2.88 bits per heavy atom. The number of nitrogens with zero attached hydrogens (tertiary/aromatic N) is 2. The van der Waals surface area contributed by atoms with E-state index < -0.39 is 0 Å². The van der Waals surface area contributed by atoms with Crippen LogP contribution >= 0.6 is 0 Å². The highest BCUT2D eigenvalue weighted by molar-refractivity contribution is 5.19. The van der Waals surface area contributed by atoms with Crippen LogP contribution in [0.3, 0.4) is 0 Å². The fourth-order valence-corrected chi connectivity index (χ4v) is 1.80. The molecule has 1 rings (SSSR count). The quantitative estimate of drug-likeness (QED) is 0.731. The first kappa shape index (κ1) is 14.1. The first-order valence-electron chi connectivity index (χ1n) is 6.09. The number of aliphatic hydroxyl groups excluding tert-OH is 1. The molecule has 2 N–H and O–H groups in total. The number of pyridine rings is 1. The molecule has 0 aromatic carbocycles. The van der Waals surface area contributed by atoms with Crippen molar-refractivity contribution in [3.63, 3.8) is 0 Å². The molecule has 96 valence electrons.